The summed E-state index contributed by atoms with van der Waals surface area (Å²) < 4.78 is 40.5. The minimum atomic E-state index is -3.73. The molecule has 0 saturated carbocycles. The van der Waals surface area contributed by atoms with Gasteiger partial charge in [-0.25, -0.2) is 17.5 Å². The summed E-state index contributed by atoms with van der Waals surface area (Å²) in [5.74, 6) is -0.775. The van der Waals surface area contributed by atoms with E-state index in [2.05, 4.69) is 10.0 Å². The van der Waals surface area contributed by atoms with E-state index in [1.165, 1.54) is 43.3 Å². The first kappa shape index (κ1) is 20.9. The summed E-state index contributed by atoms with van der Waals surface area (Å²) >= 11 is 0. The zero-order valence-electron chi connectivity index (χ0n) is 15.9. The van der Waals surface area contributed by atoms with Crippen LogP contribution in [0.15, 0.2) is 53.4 Å². The van der Waals surface area contributed by atoms with Gasteiger partial charge in [0.15, 0.2) is 0 Å². The third-order valence-electron chi connectivity index (χ3n) is 4.63. The molecule has 1 aliphatic rings. The average Bonchev–Trinajstić information content (AvgIpc) is 3.02. The van der Waals surface area contributed by atoms with E-state index in [9.17, 15) is 22.4 Å². The van der Waals surface area contributed by atoms with Crippen molar-refractivity contribution in [2.45, 2.75) is 24.8 Å². The van der Waals surface area contributed by atoms with Crippen LogP contribution in [0.3, 0.4) is 0 Å². The molecule has 2 N–H and O–H groups in total. The van der Waals surface area contributed by atoms with E-state index in [0.29, 0.717) is 18.8 Å². The number of halogens is 1. The second kappa shape index (κ2) is 8.71. The molecule has 0 radical (unpaired) electrons. The van der Waals surface area contributed by atoms with Gasteiger partial charge in [0.1, 0.15) is 5.82 Å². The molecule has 0 spiro atoms. The lowest BCUT2D eigenvalue weighted by atomic mass is 10.1. The van der Waals surface area contributed by atoms with Gasteiger partial charge in [0, 0.05) is 38.7 Å². The number of nitrogens with zero attached hydrogens (tertiary/aromatic N) is 1. The van der Waals surface area contributed by atoms with E-state index in [0.717, 1.165) is 5.56 Å². The molecule has 0 bridgehead atoms. The number of rotatable bonds is 7. The molecule has 0 unspecified atom stereocenters. The molecule has 0 aliphatic carbocycles. The normalized spacial score (nSPS) is 16.8. The maximum atomic E-state index is 13.0. The first-order chi connectivity index (χ1) is 13.7. The zero-order valence-corrected chi connectivity index (χ0v) is 16.7. The van der Waals surface area contributed by atoms with Crippen molar-refractivity contribution in [3.63, 3.8) is 0 Å². The van der Waals surface area contributed by atoms with Crippen molar-refractivity contribution in [3.8, 4) is 0 Å². The van der Waals surface area contributed by atoms with Crippen LogP contribution < -0.4 is 10.0 Å². The van der Waals surface area contributed by atoms with Gasteiger partial charge in [-0.05, 0) is 47.9 Å². The maximum Gasteiger partial charge on any atom is 0.240 e. The SMILES string of the molecule is CC(=O)Nc1ccc(S(=O)(=O)NC[C@@H]2CC(=O)N(Cc3ccc(F)cc3)C2)cc1. The number of carbonyl (C=O) groups is 2. The van der Waals surface area contributed by atoms with E-state index < -0.39 is 10.0 Å². The predicted octanol–water partition coefficient (Wildman–Crippen LogP) is 2.11. The van der Waals surface area contributed by atoms with Crippen LogP contribution in [0.5, 0.6) is 0 Å². The smallest absolute Gasteiger partial charge is 0.240 e. The van der Waals surface area contributed by atoms with E-state index >= 15 is 0 Å². The lowest BCUT2D eigenvalue weighted by Crippen LogP contribution is -2.31. The number of benzene rings is 2. The lowest BCUT2D eigenvalue weighted by molar-refractivity contribution is -0.128. The van der Waals surface area contributed by atoms with Crippen molar-refractivity contribution in [1.29, 1.82) is 0 Å². The first-order valence-corrected chi connectivity index (χ1v) is 10.6. The Morgan fingerprint density at radius 1 is 1.14 bits per heavy atom. The monoisotopic (exact) mass is 419 g/mol. The molecular weight excluding hydrogens is 397 g/mol. The number of likely N-dealkylation sites (tertiary alicyclic amines) is 1. The van der Waals surface area contributed by atoms with Crippen molar-refractivity contribution in [2.75, 3.05) is 18.4 Å². The van der Waals surface area contributed by atoms with Crippen molar-refractivity contribution in [3.05, 3.63) is 59.9 Å². The van der Waals surface area contributed by atoms with Crippen LogP contribution in [0.2, 0.25) is 0 Å². The van der Waals surface area contributed by atoms with Gasteiger partial charge in [-0.2, -0.15) is 0 Å². The number of hydrogen-bond acceptors (Lipinski definition) is 4. The number of hydrogen-bond donors (Lipinski definition) is 2. The van der Waals surface area contributed by atoms with E-state index in [1.807, 2.05) is 0 Å². The first-order valence-electron chi connectivity index (χ1n) is 9.12. The van der Waals surface area contributed by atoms with Crippen LogP contribution in [0.25, 0.3) is 0 Å². The highest BCUT2D eigenvalue weighted by Crippen LogP contribution is 2.21. The standard InChI is InChI=1S/C20H22FN3O4S/c1-14(25)23-18-6-8-19(9-7-18)29(27,28)22-11-16-10-20(26)24(13-16)12-15-2-4-17(21)5-3-15/h2-9,16,22H,10-13H2,1H3,(H,23,25)/t16-/m0/s1. The Hall–Kier alpha value is -2.78. The van der Waals surface area contributed by atoms with Crippen LogP contribution in [0.4, 0.5) is 10.1 Å². The fraction of sp³-hybridized carbons (Fsp3) is 0.300. The molecule has 1 heterocycles. The molecule has 1 saturated heterocycles. The van der Waals surface area contributed by atoms with Gasteiger partial charge < -0.3 is 10.2 Å². The number of nitrogens with one attached hydrogen (secondary N) is 2. The minimum absolute atomic E-state index is 0.0572. The van der Waals surface area contributed by atoms with Gasteiger partial charge in [-0.3, -0.25) is 9.59 Å². The highest BCUT2D eigenvalue weighted by atomic mass is 32.2. The molecule has 1 fully saturated rings. The Bertz CT molecular complexity index is 991. The summed E-state index contributed by atoms with van der Waals surface area (Å²) in [5, 5.41) is 2.57. The van der Waals surface area contributed by atoms with Gasteiger partial charge in [-0.15, -0.1) is 0 Å². The van der Waals surface area contributed by atoms with Crippen molar-refractivity contribution >= 4 is 27.5 Å². The topological polar surface area (TPSA) is 95.6 Å². The summed E-state index contributed by atoms with van der Waals surface area (Å²) in [4.78, 5) is 25.0. The predicted molar refractivity (Wildman–Crippen MR) is 106 cm³/mol. The summed E-state index contributed by atoms with van der Waals surface area (Å²) in [7, 11) is -3.73. The largest absolute Gasteiger partial charge is 0.338 e. The molecule has 0 aromatic heterocycles. The maximum absolute atomic E-state index is 13.0. The Labute approximate surface area is 169 Å². The van der Waals surface area contributed by atoms with Crippen molar-refractivity contribution in [1.82, 2.24) is 9.62 Å². The molecule has 2 amide bonds. The van der Waals surface area contributed by atoms with Crippen LogP contribution in [0.1, 0.15) is 18.9 Å². The Balaban J connectivity index is 1.55. The van der Waals surface area contributed by atoms with Crippen LogP contribution in [0, 0.1) is 11.7 Å². The Morgan fingerprint density at radius 2 is 1.79 bits per heavy atom. The molecular formula is C20H22FN3O4S. The van der Waals surface area contributed by atoms with Crippen molar-refractivity contribution in [2.24, 2.45) is 5.92 Å². The second-order valence-electron chi connectivity index (χ2n) is 7.03. The molecule has 29 heavy (non-hydrogen) atoms. The highest BCUT2D eigenvalue weighted by Gasteiger charge is 2.30. The molecule has 154 valence electrons. The summed E-state index contributed by atoms with van der Waals surface area (Å²) in [6.07, 6.45) is 0.255. The highest BCUT2D eigenvalue weighted by molar-refractivity contribution is 7.89. The zero-order chi connectivity index (χ0) is 21.0. The molecule has 3 rings (SSSR count). The molecule has 7 nitrogen and oxygen atoms in total. The molecule has 2 aromatic rings. The summed E-state index contributed by atoms with van der Waals surface area (Å²) in [6.45, 7) is 2.31. The molecule has 1 atom stereocenters. The Morgan fingerprint density at radius 3 is 2.41 bits per heavy atom. The Kier molecular flexibility index (Phi) is 6.29. The average molecular weight is 419 g/mol. The van der Waals surface area contributed by atoms with Gasteiger partial charge in [0.05, 0.1) is 4.90 Å². The third kappa shape index (κ3) is 5.61. The molecule has 2 aromatic carbocycles. The second-order valence-corrected chi connectivity index (χ2v) is 8.80. The van der Waals surface area contributed by atoms with Crippen LogP contribution >= 0.6 is 0 Å². The van der Waals surface area contributed by atoms with Gasteiger partial charge in [0.2, 0.25) is 21.8 Å². The van der Waals surface area contributed by atoms with Gasteiger partial charge >= 0.3 is 0 Å². The number of amides is 2. The van der Waals surface area contributed by atoms with Gasteiger partial charge in [0.25, 0.3) is 0 Å². The fourth-order valence-corrected chi connectivity index (χ4v) is 4.30. The molecule has 9 heteroatoms. The van der Waals surface area contributed by atoms with E-state index in [-0.39, 0.29) is 41.4 Å². The van der Waals surface area contributed by atoms with Crippen LogP contribution in [-0.2, 0) is 26.2 Å². The minimum Gasteiger partial charge on any atom is -0.338 e. The van der Waals surface area contributed by atoms with Crippen LogP contribution in [-0.4, -0.2) is 38.2 Å². The summed E-state index contributed by atoms with van der Waals surface area (Å²) in [5.41, 5.74) is 1.33. The lowest BCUT2D eigenvalue weighted by Gasteiger charge is -2.17. The van der Waals surface area contributed by atoms with E-state index in [1.54, 1.807) is 17.0 Å². The van der Waals surface area contributed by atoms with Crippen molar-refractivity contribution < 1.29 is 22.4 Å². The number of anilines is 1. The molecule has 1 aliphatic heterocycles. The third-order valence-corrected chi connectivity index (χ3v) is 6.07. The number of carbonyl (C=O) groups excluding carboxylic acids is 2. The fourth-order valence-electron chi connectivity index (χ4n) is 3.19. The number of sulfonamides is 1. The quantitative estimate of drug-likeness (QED) is 0.719. The van der Waals surface area contributed by atoms with Gasteiger partial charge in [-0.1, -0.05) is 12.1 Å². The summed E-state index contributed by atoms with van der Waals surface area (Å²) in [6, 6.07) is 11.8. The van der Waals surface area contributed by atoms with E-state index in [4.69, 9.17) is 0 Å².